The number of nitrogens with zero attached hydrogens (tertiary/aromatic N) is 3. The first-order chi connectivity index (χ1) is 22.7. The predicted molar refractivity (Wildman–Crippen MR) is 194 cm³/mol. The number of fused-ring (bicyclic) bond motifs is 2. The minimum atomic E-state index is 1.02. The zero-order chi connectivity index (χ0) is 31.0. The third-order valence-electron chi connectivity index (χ3n) is 8.92. The van der Waals surface area contributed by atoms with Crippen molar-refractivity contribution in [2.24, 2.45) is 0 Å². The van der Waals surface area contributed by atoms with E-state index in [0.29, 0.717) is 0 Å². The van der Waals surface area contributed by atoms with E-state index in [0.717, 1.165) is 34.1 Å². The van der Waals surface area contributed by atoms with Gasteiger partial charge >= 0.3 is 0 Å². The summed E-state index contributed by atoms with van der Waals surface area (Å²) in [5.41, 5.74) is 11.5. The van der Waals surface area contributed by atoms with Crippen molar-refractivity contribution >= 4 is 38.6 Å². The van der Waals surface area contributed by atoms with Gasteiger partial charge in [0.15, 0.2) is 0 Å². The number of benzene rings is 7. The monoisotopic (exact) mass is 591 g/mol. The van der Waals surface area contributed by atoms with Crippen molar-refractivity contribution in [3.63, 3.8) is 0 Å². The SMILES string of the molecule is Cc1nn(-c2ccccc2)c(C)c1-c1c2ccccc2c(-c2ccc(N(c3ccccc3)c3ccccc3)cc2)c2ccccc12. The van der Waals surface area contributed by atoms with Crippen LogP contribution in [0.15, 0.2) is 164 Å². The Kier molecular flexibility index (Phi) is 6.92. The molecule has 0 unspecified atom stereocenters. The van der Waals surface area contributed by atoms with Crippen LogP contribution in [0.5, 0.6) is 0 Å². The van der Waals surface area contributed by atoms with E-state index in [-0.39, 0.29) is 0 Å². The first-order valence-electron chi connectivity index (χ1n) is 15.7. The number of para-hydroxylation sites is 3. The summed E-state index contributed by atoms with van der Waals surface area (Å²) in [6.07, 6.45) is 0. The molecule has 0 saturated heterocycles. The second-order valence-corrected chi connectivity index (χ2v) is 11.7. The maximum absolute atomic E-state index is 5.04. The molecule has 7 aromatic carbocycles. The number of hydrogen-bond acceptors (Lipinski definition) is 2. The molecule has 0 bridgehead atoms. The van der Waals surface area contributed by atoms with E-state index in [9.17, 15) is 0 Å². The van der Waals surface area contributed by atoms with Crippen LogP contribution < -0.4 is 4.90 Å². The van der Waals surface area contributed by atoms with Gasteiger partial charge in [-0.3, -0.25) is 0 Å². The van der Waals surface area contributed by atoms with Crippen LogP contribution in [0, 0.1) is 13.8 Å². The molecule has 1 aromatic heterocycles. The largest absolute Gasteiger partial charge is 0.311 e. The molecule has 0 atom stereocenters. The molecule has 0 aliphatic heterocycles. The van der Waals surface area contributed by atoms with Gasteiger partial charge in [0.2, 0.25) is 0 Å². The Morgan fingerprint density at radius 3 is 1.33 bits per heavy atom. The van der Waals surface area contributed by atoms with Crippen molar-refractivity contribution in [3.05, 3.63) is 175 Å². The Morgan fingerprint density at radius 1 is 0.413 bits per heavy atom. The maximum atomic E-state index is 5.04. The Hall–Kier alpha value is -5.93. The lowest BCUT2D eigenvalue weighted by Gasteiger charge is -2.25. The minimum Gasteiger partial charge on any atom is -0.311 e. The first-order valence-corrected chi connectivity index (χ1v) is 15.7. The lowest BCUT2D eigenvalue weighted by molar-refractivity contribution is 0.834. The second kappa shape index (κ2) is 11.5. The molecule has 0 amide bonds. The van der Waals surface area contributed by atoms with Crippen molar-refractivity contribution in [2.75, 3.05) is 4.90 Å². The normalized spacial score (nSPS) is 11.3. The van der Waals surface area contributed by atoms with Crippen LogP contribution in [-0.4, -0.2) is 9.78 Å². The number of aromatic nitrogens is 2. The Balaban J connectivity index is 1.33. The smallest absolute Gasteiger partial charge is 0.0679 e. The first kappa shape index (κ1) is 27.6. The number of rotatable bonds is 6. The lowest BCUT2D eigenvalue weighted by atomic mass is 9.85. The summed E-state index contributed by atoms with van der Waals surface area (Å²) in [4.78, 5) is 2.30. The molecule has 0 aliphatic carbocycles. The summed E-state index contributed by atoms with van der Waals surface area (Å²) in [7, 11) is 0. The van der Waals surface area contributed by atoms with E-state index < -0.39 is 0 Å². The minimum absolute atomic E-state index is 1.02. The highest BCUT2D eigenvalue weighted by Gasteiger charge is 2.22. The highest BCUT2D eigenvalue weighted by atomic mass is 15.3. The van der Waals surface area contributed by atoms with Gasteiger partial charge < -0.3 is 4.90 Å². The van der Waals surface area contributed by atoms with Gasteiger partial charge in [0, 0.05) is 33.9 Å². The predicted octanol–water partition coefficient (Wildman–Crippen LogP) is 11.6. The Labute approximate surface area is 269 Å². The van der Waals surface area contributed by atoms with Crippen LogP contribution in [0.2, 0.25) is 0 Å². The van der Waals surface area contributed by atoms with E-state index in [2.05, 4.69) is 181 Å². The maximum Gasteiger partial charge on any atom is 0.0679 e. The van der Waals surface area contributed by atoms with E-state index in [1.807, 2.05) is 6.07 Å². The third kappa shape index (κ3) is 4.65. The molecular formula is C43H33N3. The molecule has 46 heavy (non-hydrogen) atoms. The van der Waals surface area contributed by atoms with Gasteiger partial charge in [0.05, 0.1) is 11.4 Å². The molecule has 0 spiro atoms. The van der Waals surface area contributed by atoms with E-state index in [1.54, 1.807) is 0 Å². The fourth-order valence-corrected chi connectivity index (χ4v) is 6.91. The van der Waals surface area contributed by atoms with Crippen molar-refractivity contribution in [2.45, 2.75) is 13.8 Å². The summed E-state index contributed by atoms with van der Waals surface area (Å²) >= 11 is 0. The summed E-state index contributed by atoms with van der Waals surface area (Å²) in [5.74, 6) is 0. The van der Waals surface area contributed by atoms with Crippen LogP contribution in [0.3, 0.4) is 0 Å². The highest BCUT2D eigenvalue weighted by Crippen LogP contribution is 2.46. The molecule has 0 saturated carbocycles. The molecule has 1 heterocycles. The van der Waals surface area contributed by atoms with Crippen molar-refractivity contribution in [1.29, 1.82) is 0 Å². The molecule has 0 aliphatic rings. The average molecular weight is 592 g/mol. The average Bonchev–Trinajstić information content (AvgIpc) is 3.41. The van der Waals surface area contributed by atoms with Crippen LogP contribution in [0.25, 0.3) is 49.5 Å². The summed E-state index contributed by atoms with van der Waals surface area (Å²) in [6, 6.07) is 58.2. The van der Waals surface area contributed by atoms with E-state index >= 15 is 0 Å². The van der Waals surface area contributed by atoms with Gasteiger partial charge in [0.1, 0.15) is 0 Å². The van der Waals surface area contributed by atoms with Crippen LogP contribution in [-0.2, 0) is 0 Å². The number of hydrogen-bond donors (Lipinski definition) is 0. The number of anilines is 3. The van der Waals surface area contributed by atoms with Gasteiger partial charge in [0.25, 0.3) is 0 Å². The van der Waals surface area contributed by atoms with E-state index in [4.69, 9.17) is 5.10 Å². The zero-order valence-electron chi connectivity index (χ0n) is 25.9. The van der Waals surface area contributed by atoms with Gasteiger partial charge in [-0.05, 0) is 95.1 Å². The van der Waals surface area contributed by atoms with Crippen molar-refractivity contribution in [3.8, 4) is 27.9 Å². The molecule has 0 fully saturated rings. The zero-order valence-corrected chi connectivity index (χ0v) is 25.9. The van der Waals surface area contributed by atoms with Gasteiger partial charge in [-0.2, -0.15) is 5.10 Å². The van der Waals surface area contributed by atoms with Gasteiger partial charge in [-0.25, -0.2) is 4.68 Å². The second-order valence-electron chi connectivity index (χ2n) is 11.7. The fourth-order valence-electron chi connectivity index (χ4n) is 6.91. The summed E-state index contributed by atoms with van der Waals surface area (Å²) < 4.78 is 2.08. The Morgan fingerprint density at radius 2 is 0.826 bits per heavy atom. The van der Waals surface area contributed by atoms with E-state index in [1.165, 1.54) is 43.8 Å². The molecule has 8 rings (SSSR count). The highest BCUT2D eigenvalue weighted by molar-refractivity contribution is 6.21. The van der Waals surface area contributed by atoms with Crippen molar-refractivity contribution < 1.29 is 0 Å². The molecule has 3 heteroatoms. The standard InChI is InChI=1S/C43H33N3/c1-30-41(31(2)46(44-30)36-20-10-5-11-21-36)43-39-24-14-12-22-37(39)42(38-23-13-15-25-40(38)43)32-26-28-35(29-27-32)45(33-16-6-3-7-17-33)34-18-8-4-9-19-34/h3-29H,1-2H3. The third-order valence-corrected chi connectivity index (χ3v) is 8.92. The molecule has 0 radical (unpaired) electrons. The molecule has 3 nitrogen and oxygen atoms in total. The molecule has 0 N–H and O–H groups in total. The lowest BCUT2D eigenvalue weighted by Crippen LogP contribution is -2.09. The number of aryl methyl sites for hydroxylation is 1. The topological polar surface area (TPSA) is 21.1 Å². The van der Waals surface area contributed by atoms with Crippen LogP contribution in [0.1, 0.15) is 11.4 Å². The van der Waals surface area contributed by atoms with Crippen molar-refractivity contribution in [1.82, 2.24) is 9.78 Å². The fraction of sp³-hybridized carbons (Fsp3) is 0.0465. The quantitative estimate of drug-likeness (QED) is 0.179. The van der Waals surface area contributed by atoms with Gasteiger partial charge in [-0.1, -0.05) is 115 Å². The van der Waals surface area contributed by atoms with Gasteiger partial charge in [-0.15, -0.1) is 0 Å². The summed E-state index contributed by atoms with van der Waals surface area (Å²) in [6.45, 7) is 4.31. The summed E-state index contributed by atoms with van der Waals surface area (Å²) in [5, 5.41) is 9.97. The van der Waals surface area contributed by atoms with Crippen LogP contribution >= 0.6 is 0 Å². The molecular weight excluding hydrogens is 558 g/mol. The molecule has 220 valence electrons. The van der Waals surface area contributed by atoms with Crippen LogP contribution in [0.4, 0.5) is 17.1 Å². The molecule has 8 aromatic rings. The Bertz CT molecular complexity index is 2210.